The number of hydrogen-bond acceptors (Lipinski definition) is 2. The molecule has 3 aromatic rings. The van der Waals surface area contributed by atoms with Crippen LogP contribution >= 0.6 is 11.8 Å². The van der Waals surface area contributed by atoms with Crippen LogP contribution in [-0.2, 0) is 6.42 Å². The molecule has 0 saturated carbocycles. The lowest BCUT2D eigenvalue weighted by molar-refractivity contribution is 0.881. The number of rotatable bonds is 1. The van der Waals surface area contributed by atoms with Crippen LogP contribution in [0.1, 0.15) is 16.6 Å². The molecular weight excluding hydrogens is 240 g/mol. The van der Waals surface area contributed by atoms with Gasteiger partial charge in [0, 0.05) is 4.90 Å². The highest BCUT2D eigenvalue weighted by molar-refractivity contribution is 7.99. The number of nitrogens with zero attached hydrogens (tertiary/aromatic N) is 1. The summed E-state index contributed by atoms with van der Waals surface area (Å²) in [6, 6.07) is 16.8. The molecule has 0 spiro atoms. The minimum Gasteiger partial charge on any atom is -0.341 e. The molecule has 1 atom stereocenters. The second-order valence-corrected chi connectivity index (χ2v) is 5.80. The predicted octanol–water partition coefficient (Wildman–Crippen LogP) is 3.95. The second-order valence-electron chi connectivity index (χ2n) is 4.56. The minimum atomic E-state index is 0.426. The van der Waals surface area contributed by atoms with Crippen LogP contribution in [0.3, 0.4) is 0 Å². The van der Waals surface area contributed by atoms with Crippen LogP contribution in [0.4, 0.5) is 0 Å². The number of fused-ring (bicyclic) bond motifs is 2. The van der Waals surface area contributed by atoms with E-state index in [0.717, 1.165) is 23.3 Å². The van der Waals surface area contributed by atoms with Gasteiger partial charge in [-0.15, -0.1) is 11.8 Å². The average Bonchev–Trinajstić information content (AvgIpc) is 3.02. The van der Waals surface area contributed by atoms with E-state index in [9.17, 15) is 0 Å². The van der Waals surface area contributed by atoms with Crippen molar-refractivity contribution in [3.05, 3.63) is 59.9 Å². The van der Waals surface area contributed by atoms with Crippen LogP contribution in [-0.4, -0.2) is 9.97 Å². The minimum absolute atomic E-state index is 0.426. The summed E-state index contributed by atoms with van der Waals surface area (Å²) < 4.78 is 0. The van der Waals surface area contributed by atoms with Gasteiger partial charge in [-0.25, -0.2) is 4.98 Å². The SMILES string of the molecule is c1ccc2c(c1)CC(c1nc3ccccc3[nH]1)S2. The first-order chi connectivity index (χ1) is 8.90. The van der Waals surface area contributed by atoms with Crippen molar-refractivity contribution >= 4 is 22.8 Å². The number of hydrogen-bond donors (Lipinski definition) is 1. The van der Waals surface area contributed by atoms with E-state index >= 15 is 0 Å². The van der Waals surface area contributed by atoms with Gasteiger partial charge in [-0.05, 0) is 30.2 Å². The van der Waals surface area contributed by atoms with Crippen molar-refractivity contribution in [2.45, 2.75) is 16.6 Å². The van der Waals surface area contributed by atoms with Gasteiger partial charge in [0.2, 0.25) is 0 Å². The molecule has 4 rings (SSSR count). The summed E-state index contributed by atoms with van der Waals surface area (Å²) in [7, 11) is 0. The maximum Gasteiger partial charge on any atom is 0.121 e. The van der Waals surface area contributed by atoms with Crippen LogP contribution < -0.4 is 0 Å². The molecule has 0 saturated heterocycles. The summed E-state index contributed by atoms with van der Waals surface area (Å²) in [5.74, 6) is 1.09. The molecule has 18 heavy (non-hydrogen) atoms. The molecule has 1 N–H and O–H groups in total. The summed E-state index contributed by atoms with van der Waals surface area (Å²) in [6.07, 6.45) is 1.07. The average molecular weight is 252 g/mol. The maximum absolute atomic E-state index is 4.70. The van der Waals surface area contributed by atoms with Crippen molar-refractivity contribution < 1.29 is 0 Å². The first-order valence-electron chi connectivity index (χ1n) is 6.09. The Morgan fingerprint density at radius 2 is 1.89 bits per heavy atom. The molecule has 1 aromatic heterocycles. The van der Waals surface area contributed by atoms with Crippen LogP contribution in [0, 0.1) is 0 Å². The summed E-state index contributed by atoms with van der Waals surface area (Å²) in [6.45, 7) is 0. The molecule has 2 nitrogen and oxygen atoms in total. The fourth-order valence-corrected chi connectivity index (χ4v) is 3.71. The molecule has 2 aromatic carbocycles. The lowest BCUT2D eigenvalue weighted by Gasteiger charge is -2.02. The number of benzene rings is 2. The lowest BCUT2D eigenvalue weighted by Crippen LogP contribution is -1.94. The first-order valence-corrected chi connectivity index (χ1v) is 6.97. The molecule has 0 amide bonds. The van der Waals surface area contributed by atoms with Gasteiger partial charge < -0.3 is 4.98 Å². The van der Waals surface area contributed by atoms with Crippen LogP contribution in [0.25, 0.3) is 11.0 Å². The standard InChI is InChI=1S/C15H12N2S/c1-4-8-13-10(5-1)9-14(18-13)15-16-11-6-2-3-7-12(11)17-15/h1-8,14H,9H2,(H,16,17). The van der Waals surface area contributed by atoms with Gasteiger partial charge in [-0.2, -0.15) is 0 Å². The van der Waals surface area contributed by atoms with E-state index in [0.29, 0.717) is 5.25 Å². The zero-order chi connectivity index (χ0) is 11.9. The van der Waals surface area contributed by atoms with E-state index in [1.54, 1.807) is 0 Å². The maximum atomic E-state index is 4.70. The summed E-state index contributed by atoms with van der Waals surface area (Å²) in [5, 5.41) is 0.426. The van der Waals surface area contributed by atoms with E-state index in [1.165, 1.54) is 10.5 Å². The van der Waals surface area contributed by atoms with Crippen molar-refractivity contribution in [1.82, 2.24) is 9.97 Å². The van der Waals surface area contributed by atoms with Gasteiger partial charge in [-0.3, -0.25) is 0 Å². The van der Waals surface area contributed by atoms with E-state index < -0.39 is 0 Å². The molecule has 1 aliphatic rings. The highest BCUT2D eigenvalue weighted by Gasteiger charge is 2.25. The molecule has 88 valence electrons. The normalized spacial score (nSPS) is 18.1. The van der Waals surface area contributed by atoms with Crippen LogP contribution in [0.2, 0.25) is 0 Å². The van der Waals surface area contributed by atoms with E-state index in [4.69, 9.17) is 4.98 Å². The molecule has 3 heteroatoms. The molecular formula is C15H12N2S. The smallest absolute Gasteiger partial charge is 0.121 e. The fraction of sp³-hybridized carbons (Fsp3) is 0.133. The molecule has 0 aliphatic carbocycles. The van der Waals surface area contributed by atoms with Crippen molar-refractivity contribution in [1.29, 1.82) is 0 Å². The lowest BCUT2D eigenvalue weighted by atomic mass is 10.1. The van der Waals surface area contributed by atoms with Gasteiger partial charge in [0.1, 0.15) is 5.82 Å². The van der Waals surface area contributed by atoms with Crippen LogP contribution in [0.15, 0.2) is 53.4 Å². The first kappa shape index (κ1) is 10.2. The third-order valence-electron chi connectivity index (χ3n) is 3.36. The Balaban J connectivity index is 1.73. The third kappa shape index (κ3) is 1.55. The van der Waals surface area contributed by atoms with Crippen molar-refractivity contribution in [2.75, 3.05) is 0 Å². The summed E-state index contributed by atoms with van der Waals surface area (Å²) in [5.41, 5.74) is 3.63. The van der Waals surface area contributed by atoms with E-state index in [-0.39, 0.29) is 0 Å². The molecule has 1 aliphatic heterocycles. The second kappa shape index (κ2) is 3.89. The van der Waals surface area contributed by atoms with E-state index in [2.05, 4.69) is 41.4 Å². The van der Waals surface area contributed by atoms with Crippen molar-refractivity contribution in [3.8, 4) is 0 Å². The van der Waals surface area contributed by atoms with Gasteiger partial charge in [0.05, 0.1) is 16.3 Å². The van der Waals surface area contributed by atoms with Gasteiger partial charge >= 0.3 is 0 Å². The number of aromatic amines is 1. The number of imidazole rings is 1. The highest BCUT2D eigenvalue weighted by Crippen LogP contribution is 2.45. The molecule has 2 heterocycles. The Hall–Kier alpha value is -1.74. The zero-order valence-corrected chi connectivity index (χ0v) is 10.6. The summed E-state index contributed by atoms with van der Waals surface area (Å²) in [4.78, 5) is 9.53. The predicted molar refractivity (Wildman–Crippen MR) is 74.8 cm³/mol. The van der Waals surface area contributed by atoms with Crippen molar-refractivity contribution in [2.24, 2.45) is 0 Å². The number of nitrogens with one attached hydrogen (secondary N) is 1. The Kier molecular flexibility index (Phi) is 2.20. The number of H-pyrrole nitrogens is 1. The Labute approximate surface area is 109 Å². The Morgan fingerprint density at radius 3 is 2.78 bits per heavy atom. The summed E-state index contributed by atoms with van der Waals surface area (Å²) >= 11 is 1.91. The van der Waals surface area contributed by atoms with Crippen molar-refractivity contribution in [3.63, 3.8) is 0 Å². The monoisotopic (exact) mass is 252 g/mol. The largest absolute Gasteiger partial charge is 0.341 e. The topological polar surface area (TPSA) is 28.7 Å². The Bertz CT molecular complexity index is 659. The molecule has 0 radical (unpaired) electrons. The molecule has 1 unspecified atom stereocenters. The third-order valence-corrected chi connectivity index (χ3v) is 4.69. The van der Waals surface area contributed by atoms with Gasteiger partial charge in [0.25, 0.3) is 0 Å². The number of thioether (sulfide) groups is 1. The van der Waals surface area contributed by atoms with E-state index in [1.807, 2.05) is 23.9 Å². The number of para-hydroxylation sites is 2. The van der Waals surface area contributed by atoms with Gasteiger partial charge in [-0.1, -0.05) is 30.3 Å². The Morgan fingerprint density at radius 1 is 1.06 bits per heavy atom. The molecule has 0 fully saturated rings. The molecule has 0 bridgehead atoms. The quantitative estimate of drug-likeness (QED) is 0.710. The zero-order valence-electron chi connectivity index (χ0n) is 9.76. The van der Waals surface area contributed by atoms with Gasteiger partial charge in [0.15, 0.2) is 0 Å². The number of aromatic nitrogens is 2. The fourth-order valence-electron chi connectivity index (χ4n) is 2.46. The van der Waals surface area contributed by atoms with Crippen LogP contribution in [0.5, 0.6) is 0 Å². The highest BCUT2D eigenvalue weighted by atomic mass is 32.2.